The summed E-state index contributed by atoms with van der Waals surface area (Å²) in [4.78, 5) is 29.6. The molecule has 2 heterocycles. The molecule has 2 aromatic rings. The Morgan fingerprint density at radius 1 is 1.03 bits per heavy atom. The van der Waals surface area contributed by atoms with Crippen LogP contribution in [0.3, 0.4) is 0 Å². The quantitative estimate of drug-likeness (QED) is 0.741. The molecule has 2 saturated heterocycles. The molecule has 7 nitrogen and oxygen atoms in total. The van der Waals surface area contributed by atoms with Crippen LogP contribution in [-0.4, -0.2) is 45.7 Å². The summed E-state index contributed by atoms with van der Waals surface area (Å²) in [7, 11) is 3.13. The van der Waals surface area contributed by atoms with Crippen molar-refractivity contribution in [1.82, 2.24) is 0 Å². The van der Waals surface area contributed by atoms with E-state index in [0.29, 0.717) is 23.7 Å². The van der Waals surface area contributed by atoms with Crippen molar-refractivity contribution in [1.29, 1.82) is 0 Å². The normalized spacial score (nSPS) is 19.2. The minimum Gasteiger partial charge on any atom is -0.497 e. The number of piperidine rings is 1. The molecule has 1 unspecified atom stereocenters. The molecule has 2 aromatic carbocycles. The summed E-state index contributed by atoms with van der Waals surface area (Å²) in [5, 5.41) is 2.97. The number of ether oxygens (including phenoxy) is 2. The summed E-state index contributed by atoms with van der Waals surface area (Å²) >= 11 is 0. The average molecular weight is 438 g/mol. The minimum absolute atomic E-state index is 0.105. The van der Waals surface area contributed by atoms with Crippen LogP contribution in [0.1, 0.15) is 26.2 Å². The van der Waals surface area contributed by atoms with Crippen LogP contribution in [0.25, 0.3) is 0 Å². The number of hydrogen-bond acceptors (Lipinski definition) is 5. The molecule has 4 rings (SSSR count). The number of amides is 2. The number of anilines is 3. The van der Waals surface area contributed by atoms with Gasteiger partial charge in [0.2, 0.25) is 11.8 Å². The Kier molecular flexibility index (Phi) is 6.53. The first kappa shape index (κ1) is 22.0. The van der Waals surface area contributed by atoms with Crippen LogP contribution < -0.4 is 24.6 Å². The highest BCUT2D eigenvalue weighted by Gasteiger charge is 2.36. The third-order valence-electron chi connectivity index (χ3n) is 6.46. The molecule has 1 N–H and O–H groups in total. The van der Waals surface area contributed by atoms with E-state index in [4.69, 9.17) is 9.47 Å². The zero-order chi connectivity index (χ0) is 22.7. The van der Waals surface area contributed by atoms with Gasteiger partial charge in [0.25, 0.3) is 0 Å². The van der Waals surface area contributed by atoms with Gasteiger partial charge in [-0.2, -0.15) is 0 Å². The number of nitrogens with zero attached hydrogens (tertiary/aromatic N) is 2. The maximum absolute atomic E-state index is 12.9. The van der Waals surface area contributed by atoms with Crippen molar-refractivity contribution in [2.75, 3.05) is 49.0 Å². The molecule has 2 aliphatic rings. The monoisotopic (exact) mass is 437 g/mol. The lowest BCUT2D eigenvalue weighted by molar-refractivity contribution is -0.122. The van der Waals surface area contributed by atoms with Gasteiger partial charge in [0, 0.05) is 43.5 Å². The Balaban J connectivity index is 1.40. The van der Waals surface area contributed by atoms with Crippen molar-refractivity contribution in [2.45, 2.75) is 26.2 Å². The summed E-state index contributed by atoms with van der Waals surface area (Å²) in [6.07, 6.45) is 2.59. The molecule has 170 valence electrons. The molecule has 2 amide bonds. The van der Waals surface area contributed by atoms with E-state index in [9.17, 15) is 9.59 Å². The lowest BCUT2D eigenvalue weighted by Crippen LogP contribution is -2.32. The van der Waals surface area contributed by atoms with Crippen LogP contribution in [0, 0.1) is 11.8 Å². The van der Waals surface area contributed by atoms with Gasteiger partial charge < -0.3 is 24.6 Å². The third kappa shape index (κ3) is 4.66. The predicted molar refractivity (Wildman–Crippen MR) is 126 cm³/mol. The zero-order valence-electron chi connectivity index (χ0n) is 19.0. The molecule has 32 heavy (non-hydrogen) atoms. The molecule has 0 spiro atoms. The van der Waals surface area contributed by atoms with Crippen LogP contribution >= 0.6 is 0 Å². The largest absolute Gasteiger partial charge is 0.497 e. The molecule has 2 fully saturated rings. The van der Waals surface area contributed by atoms with Gasteiger partial charge >= 0.3 is 0 Å². The Morgan fingerprint density at radius 2 is 1.75 bits per heavy atom. The first-order valence-electron chi connectivity index (χ1n) is 11.2. The number of hydrogen-bond donors (Lipinski definition) is 1. The van der Waals surface area contributed by atoms with E-state index in [1.54, 1.807) is 37.3 Å². The van der Waals surface area contributed by atoms with Gasteiger partial charge in [0.05, 0.1) is 25.8 Å². The molecule has 0 aliphatic carbocycles. The van der Waals surface area contributed by atoms with Crippen molar-refractivity contribution in [3.8, 4) is 11.5 Å². The maximum Gasteiger partial charge on any atom is 0.229 e. The zero-order valence-corrected chi connectivity index (χ0v) is 19.0. The lowest BCUT2D eigenvalue weighted by atomic mass is 9.99. The fourth-order valence-electron chi connectivity index (χ4n) is 4.39. The number of methoxy groups -OCH3 is 2. The molecule has 0 aromatic heterocycles. The first-order valence-corrected chi connectivity index (χ1v) is 11.2. The number of nitrogens with one attached hydrogen (secondary N) is 1. The van der Waals surface area contributed by atoms with Gasteiger partial charge in [-0.1, -0.05) is 6.92 Å². The van der Waals surface area contributed by atoms with Crippen LogP contribution in [0.4, 0.5) is 17.1 Å². The van der Waals surface area contributed by atoms with E-state index in [1.807, 2.05) is 12.1 Å². The highest BCUT2D eigenvalue weighted by molar-refractivity contribution is 6.04. The van der Waals surface area contributed by atoms with Crippen molar-refractivity contribution >= 4 is 28.9 Å². The predicted octanol–water partition coefficient (Wildman–Crippen LogP) is 3.93. The smallest absolute Gasteiger partial charge is 0.229 e. The highest BCUT2D eigenvalue weighted by atomic mass is 16.5. The van der Waals surface area contributed by atoms with Crippen molar-refractivity contribution in [2.24, 2.45) is 11.8 Å². The highest BCUT2D eigenvalue weighted by Crippen LogP contribution is 2.36. The van der Waals surface area contributed by atoms with Crippen molar-refractivity contribution < 1.29 is 19.1 Å². The van der Waals surface area contributed by atoms with Crippen molar-refractivity contribution in [3.05, 3.63) is 42.5 Å². The second kappa shape index (κ2) is 9.51. The van der Waals surface area contributed by atoms with E-state index in [-0.39, 0.29) is 18.2 Å². The molecular formula is C25H31N3O4. The fourth-order valence-corrected chi connectivity index (χ4v) is 4.39. The Hall–Kier alpha value is -3.22. The van der Waals surface area contributed by atoms with Crippen LogP contribution in [0.15, 0.2) is 42.5 Å². The summed E-state index contributed by atoms with van der Waals surface area (Å²) in [6, 6.07) is 13.3. The standard InChI is InChI=1S/C25H31N3O4/c1-17-10-12-27(13-11-17)20-6-4-19(5-7-20)26-25(30)18-14-24(29)28(16-18)22-15-21(31-2)8-9-23(22)32-3/h4-9,15,17-18H,10-14,16H2,1-3H3,(H,26,30). The van der Waals surface area contributed by atoms with Gasteiger partial charge in [-0.3, -0.25) is 9.59 Å². The Bertz CT molecular complexity index is 968. The second-order valence-corrected chi connectivity index (χ2v) is 8.65. The molecule has 1 atom stereocenters. The number of carbonyl (C=O) groups is 2. The van der Waals surface area contributed by atoms with Gasteiger partial charge in [0.15, 0.2) is 0 Å². The second-order valence-electron chi connectivity index (χ2n) is 8.65. The topological polar surface area (TPSA) is 71.1 Å². The van der Waals surface area contributed by atoms with E-state index < -0.39 is 5.92 Å². The lowest BCUT2D eigenvalue weighted by Gasteiger charge is -2.32. The van der Waals surface area contributed by atoms with Gasteiger partial charge in [-0.15, -0.1) is 0 Å². The molecule has 0 radical (unpaired) electrons. The molecular weight excluding hydrogens is 406 g/mol. The van der Waals surface area contributed by atoms with Gasteiger partial charge in [-0.05, 0) is 55.2 Å². The summed E-state index contributed by atoms with van der Waals surface area (Å²) in [5.41, 5.74) is 2.54. The summed E-state index contributed by atoms with van der Waals surface area (Å²) in [5.74, 6) is 1.30. The number of rotatable bonds is 6. The number of carbonyl (C=O) groups excluding carboxylic acids is 2. The summed E-state index contributed by atoms with van der Waals surface area (Å²) in [6.45, 7) is 4.74. The molecule has 2 aliphatic heterocycles. The van der Waals surface area contributed by atoms with E-state index in [2.05, 4.69) is 29.3 Å². The average Bonchev–Trinajstić information content (AvgIpc) is 3.21. The van der Waals surface area contributed by atoms with Crippen LogP contribution in [0.2, 0.25) is 0 Å². The van der Waals surface area contributed by atoms with E-state index in [0.717, 1.165) is 24.7 Å². The van der Waals surface area contributed by atoms with Crippen LogP contribution in [-0.2, 0) is 9.59 Å². The summed E-state index contributed by atoms with van der Waals surface area (Å²) < 4.78 is 10.7. The van der Waals surface area contributed by atoms with E-state index in [1.165, 1.54) is 18.5 Å². The Morgan fingerprint density at radius 3 is 2.41 bits per heavy atom. The van der Waals surface area contributed by atoms with E-state index >= 15 is 0 Å². The Labute approximate surface area is 189 Å². The molecule has 0 bridgehead atoms. The SMILES string of the molecule is COc1ccc(OC)c(N2CC(C(=O)Nc3ccc(N4CCC(C)CC4)cc3)CC2=O)c1. The fraction of sp³-hybridized carbons (Fsp3) is 0.440. The minimum atomic E-state index is -0.429. The number of benzene rings is 2. The first-order chi connectivity index (χ1) is 15.5. The third-order valence-corrected chi connectivity index (χ3v) is 6.46. The molecule has 0 saturated carbocycles. The van der Waals surface area contributed by atoms with Crippen molar-refractivity contribution in [3.63, 3.8) is 0 Å². The maximum atomic E-state index is 12.9. The van der Waals surface area contributed by atoms with Crippen LogP contribution in [0.5, 0.6) is 11.5 Å². The molecule has 7 heteroatoms. The van der Waals surface area contributed by atoms with Gasteiger partial charge in [0.1, 0.15) is 11.5 Å². The van der Waals surface area contributed by atoms with Gasteiger partial charge in [-0.25, -0.2) is 0 Å².